The summed E-state index contributed by atoms with van der Waals surface area (Å²) < 4.78 is 5.39. The van der Waals surface area contributed by atoms with E-state index in [1.165, 1.54) is 0 Å². The number of nitrogens with zero attached hydrogens (tertiary/aromatic N) is 3. The van der Waals surface area contributed by atoms with Crippen molar-refractivity contribution in [2.24, 2.45) is 0 Å². The van der Waals surface area contributed by atoms with Crippen molar-refractivity contribution in [3.63, 3.8) is 0 Å². The molecule has 2 aromatic heterocycles. The first-order chi connectivity index (χ1) is 12.8. The highest BCUT2D eigenvalue weighted by molar-refractivity contribution is 5.71. The lowest BCUT2D eigenvalue weighted by molar-refractivity contribution is 0.129. The predicted molar refractivity (Wildman–Crippen MR) is 93.8 cm³/mol. The molecule has 0 bridgehead atoms. The molecule has 26 heavy (non-hydrogen) atoms. The van der Waals surface area contributed by atoms with Gasteiger partial charge in [0.2, 0.25) is 0 Å². The number of amides is 1. The topological polar surface area (TPSA) is 77.0 Å². The number of hydrogen-bond acceptors (Lipinski definition) is 5. The van der Waals surface area contributed by atoms with Crippen LogP contribution >= 0.6 is 0 Å². The minimum atomic E-state index is -0.530. The van der Waals surface area contributed by atoms with E-state index in [2.05, 4.69) is 32.1 Å². The number of nitrogens with one attached hydrogen (secondary N) is 1. The molecule has 1 amide bonds. The Labute approximate surface area is 150 Å². The number of hydrogen-bond donors (Lipinski definition) is 1. The Kier molecular flexibility index (Phi) is 4.27. The quantitative estimate of drug-likeness (QED) is 0.725. The fourth-order valence-electron chi connectivity index (χ4n) is 2.76. The van der Waals surface area contributed by atoms with Gasteiger partial charge < -0.3 is 10.1 Å². The molecule has 1 aliphatic rings. The Bertz CT molecular complexity index is 981. The van der Waals surface area contributed by atoms with Crippen molar-refractivity contribution in [1.82, 2.24) is 20.3 Å². The number of carbonyl (C=O) groups excluding carboxylic acids is 1. The summed E-state index contributed by atoms with van der Waals surface area (Å²) in [6.07, 6.45) is 7.18. The summed E-state index contributed by atoms with van der Waals surface area (Å²) in [5, 5.41) is 2.83. The van der Waals surface area contributed by atoms with Crippen LogP contribution in [-0.4, -0.2) is 21.0 Å². The number of carbonyl (C=O) groups is 1. The third-order valence-corrected chi connectivity index (χ3v) is 3.94. The molecule has 6 nitrogen and oxygen atoms in total. The van der Waals surface area contributed by atoms with Crippen LogP contribution in [0.4, 0.5) is 4.79 Å². The summed E-state index contributed by atoms with van der Waals surface area (Å²) in [5.74, 6) is 6.20. The molecule has 0 saturated carbocycles. The van der Waals surface area contributed by atoms with E-state index in [0.29, 0.717) is 5.69 Å². The van der Waals surface area contributed by atoms with Crippen LogP contribution in [0.25, 0.3) is 0 Å². The molecular weight excluding hydrogens is 328 g/mol. The maximum absolute atomic E-state index is 11.8. The molecule has 6 heteroatoms. The monoisotopic (exact) mass is 342 g/mol. The van der Waals surface area contributed by atoms with Crippen molar-refractivity contribution in [1.29, 1.82) is 0 Å². The van der Waals surface area contributed by atoms with Crippen molar-refractivity contribution in [3.8, 4) is 11.8 Å². The average molecular weight is 342 g/mol. The summed E-state index contributed by atoms with van der Waals surface area (Å²) >= 11 is 0. The van der Waals surface area contributed by atoms with Crippen molar-refractivity contribution < 1.29 is 9.53 Å². The fraction of sp³-hybridized carbons (Fsp3) is 0.100. The predicted octanol–water partition coefficient (Wildman–Crippen LogP) is 2.79. The SMILES string of the molecule is O=C1N[C@@H](c2cccc(C#Cc3cccnc3)c2)[C@H](c2cnccn2)O1. The molecule has 0 aliphatic carbocycles. The van der Waals surface area contributed by atoms with Gasteiger partial charge in [0.1, 0.15) is 11.7 Å². The zero-order valence-corrected chi connectivity index (χ0v) is 13.7. The van der Waals surface area contributed by atoms with Crippen LogP contribution in [0.15, 0.2) is 67.4 Å². The van der Waals surface area contributed by atoms with Gasteiger partial charge in [0.15, 0.2) is 6.10 Å². The molecular formula is C20H14N4O2. The highest BCUT2D eigenvalue weighted by Crippen LogP contribution is 2.35. The molecule has 0 radical (unpaired) electrons. The fourth-order valence-corrected chi connectivity index (χ4v) is 2.76. The minimum Gasteiger partial charge on any atom is -0.437 e. The zero-order valence-electron chi connectivity index (χ0n) is 13.7. The second-order valence-electron chi connectivity index (χ2n) is 5.70. The second-order valence-corrected chi connectivity index (χ2v) is 5.70. The van der Waals surface area contributed by atoms with Gasteiger partial charge >= 0.3 is 6.09 Å². The Balaban J connectivity index is 1.63. The van der Waals surface area contributed by atoms with E-state index < -0.39 is 12.2 Å². The maximum Gasteiger partial charge on any atom is 0.408 e. The molecule has 1 N–H and O–H groups in total. The van der Waals surface area contributed by atoms with Gasteiger partial charge in [-0.2, -0.15) is 0 Å². The lowest BCUT2D eigenvalue weighted by Crippen LogP contribution is -2.20. The third kappa shape index (κ3) is 3.37. The van der Waals surface area contributed by atoms with Gasteiger partial charge in [0.05, 0.1) is 6.20 Å². The van der Waals surface area contributed by atoms with Crippen molar-refractivity contribution in [2.75, 3.05) is 0 Å². The first-order valence-corrected chi connectivity index (χ1v) is 8.05. The lowest BCUT2D eigenvalue weighted by Gasteiger charge is -2.16. The molecule has 3 aromatic rings. The summed E-state index contributed by atoms with van der Waals surface area (Å²) in [6.45, 7) is 0. The molecule has 0 spiro atoms. The van der Waals surface area contributed by atoms with Gasteiger partial charge in [0, 0.05) is 35.9 Å². The minimum absolute atomic E-state index is 0.348. The Morgan fingerprint density at radius 1 is 0.962 bits per heavy atom. The normalized spacial score (nSPS) is 18.4. The number of rotatable bonds is 2. The first kappa shape index (κ1) is 15.8. The van der Waals surface area contributed by atoms with Crippen LogP contribution in [-0.2, 0) is 4.74 Å². The van der Waals surface area contributed by atoms with Gasteiger partial charge in [0.25, 0.3) is 0 Å². The lowest BCUT2D eigenvalue weighted by atomic mass is 9.98. The van der Waals surface area contributed by atoms with E-state index in [0.717, 1.165) is 16.7 Å². The number of ether oxygens (including phenoxy) is 1. The Hall–Kier alpha value is -3.72. The van der Waals surface area contributed by atoms with E-state index in [9.17, 15) is 4.79 Å². The van der Waals surface area contributed by atoms with Crippen LogP contribution < -0.4 is 5.32 Å². The van der Waals surface area contributed by atoms with Crippen molar-refractivity contribution >= 4 is 6.09 Å². The molecule has 126 valence electrons. The van der Waals surface area contributed by atoms with Crippen LogP contribution in [0.1, 0.15) is 34.5 Å². The van der Waals surface area contributed by atoms with Crippen molar-refractivity contribution in [2.45, 2.75) is 12.1 Å². The van der Waals surface area contributed by atoms with Crippen LogP contribution in [0.5, 0.6) is 0 Å². The molecule has 0 unspecified atom stereocenters. The van der Waals surface area contributed by atoms with Crippen LogP contribution in [0, 0.1) is 11.8 Å². The number of aromatic nitrogens is 3. The molecule has 1 aromatic carbocycles. The molecule has 2 atom stereocenters. The standard InChI is InChI=1S/C20H14N4O2/c25-20-24-18(19(26-20)17-13-22-9-10-23-17)16-5-1-3-14(11-16)6-7-15-4-2-8-21-12-15/h1-5,8-13,18-19H,(H,24,25)/t18-,19-/m0/s1. The van der Waals surface area contributed by atoms with Gasteiger partial charge in [-0.3, -0.25) is 15.0 Å². The smallest absolute Gasteiger partial charge is 0.408 e. The molecule has 1 fully saturated rings. The summed E-state index contributed by atoms with van der Waals surface area (Å²) in [5.41, 5.74) is 3.17. The number of benzene rings is 1. The highest BCUT2D eigenvalue weighted by Gasteiger charge is 2.37. The number of cyclic esters (lactones) is 1. The molecule has 1 saturated heterocycles. The molecule has 4 rings (SSSR count). The van der Waals surface area contributed by atoms with Gasteiger partial charge in [-0.1, -0.05) is 24.0 Å². The second kappa shape index (κ2) is 7.03. The average Bonchev–Trinajstić information content (AvgIpc) is 3.10. The first-order valence-electron chi connectivity index (χ1n) is 8.05. The maximum atomic E-state index is 11.8. The van der Waals surface area contributed by atoms with Gasteiger partial charge in [-0.25, -0.2) is 4.79 Å². The summed E-state index contributed by atoms with van der Waals surface area (Å²) in [7, 11) is 0. The van der Waals surface area contributed by atoms with Gasteiger partial charge in [-0.15, -0.1) is 0 Å². The highest BCUT2D eigenvalue weighted by atomic mass is 16.6. The van der Waals surface area contributed by atoms with Gasteiger partial charge in [-0.05, 0) is 29.8 Å². The number of pyridine rings is 1. The van der Waals surface area contributed by atoms with Crippen molar-refractivity contribution in [3.05, 3.63) is 89.8 Å². The third-order valence-electron chi connectivity index (χ3n) is 3.94. The summed E-state index contributed by atoms with van der Waals surface area (Å²) in [6, 6.07) is 11.1. The van der Waals surface area contributed by atoms with E-state index in [1.54, 1.807) is 31.0 Å². The van der Waals surface area contributed by atoms with Crippen LogP contribution in [0.3, 0.4) is 0 Å². The molecule has 3 heterocycles. The summed E-state index contributed by atoms with van der Waals surface area (Å²) in [4.78, 5) is 24.1. The molecule has 1 aliphatic heterocycles. The zero-order chi connectivity index (χ0) is 17.8. The van der Waals surface area contributed by atoms with E-state index >= 15 is 0 Å². The Morgan fingerprint density at radius 2 is 1.81 bits per heavy atom. The Morgan fingerprint density at radius 3 is 2.62 bits per heavy atom. The van der Waals surface area contributed by atoms with E-state index in [-0.39, 0.29) is 6.04 Å². The van der Waals surface area contributed by atoms with E-state index in [1.807, 2.05) is 36.4 Å². The van der Waals surface area contributed by atoms with E-state index in [4.69, 9.17) is 4.74 Å². The number of alkyl carbamates (subject to hydrolysis) is 1. The van der Waals surface area contributed by atoms with Crippen LogP contribution in [0.2, 0.25) is 0 Å². The largest absolute Gasteiger partial charge is 0.437 e.